The van der Waals surface area contributed by atoms with Gasteiger partial charge in [0.05, 0.1) is 12.2 Å². The maximum Gasteiger partial charge on any atom is 0.224 e. The lowest BCUT2D eigenvalue weighted by molar-refractivity contribution is 0.292. The van der Waals surface area contributed by atoms with Gasteiger partial charge in [-0.05, 0) is 37.3 Å². The third-order valence-electron chi connectivity index (χ3n) is 4.02. The van der Waals surface area contributed by atoms with Gasteiger partial charge in [-0.1, -0.05) is 51.2 Å². The van der Waals surface area contributed by atoms with Gasteiger partial charge in [0, 0.05) is 5.69 Å². The summed E-state index contributed by atoms with van der Waals surface area (Å²) in [5, 5.41) is 0. The second-order valence-electron chi connectivity index (χ2n) is 5.78. The summed E-state index contributed by atoms with van der Waals surface area (Å²) in [5.41, 5.74) is 9.05. The van der Waals surface area contributed by atoms with Crippen molar-refractivity contribution in [3.8, 4) is 5.88 Å². The van der Waals surface area contributed by atoms with Gasteiger partial charge < -0.3 is 10.5 Å². The molecule has 0 aromatic carbocycles. The third kappa shape index (κ3) is 4.67. The summed E-state index contributed by atoms with van der Waals surface area (Å²) >= 11 is 5.13. The summed E-state index contributed by atoms with van der Waals surface area (Å²) in [6.07, 6.45) is 10.8. The van der Waals surface area contributed by atoms with E-state index in [9.17, 15) is 0 Å². The summed E-state index contributed by atoms with van der Waals surface area (Å²) in [4.78, 5) is 5.02. The van der Waals surface area contributed by atoms with E-state index in [1.165, 1.54) is 44.1 Å². The van der Waals surface area contributed by atoms with E-state index in [-0.39, 0.29) is 0 Å². The van der Waals surface area contributed by atoms with E-state index in [1.54, 1.807) is 0 Å². The van der Waals surface area contributed by atoms with Crippen LogP contribution in [0, 0.1) is 0 Å². The highest BCUT2D eigenvalue weighted by molar-refractivity contribution is 7.80. The minimum Gasteiger partial charge on any atom is -0.477 e. The molecule has 0 unspecified atom stereocenters. The molecule has 116 valence electrons. The van der Waals surface area contributed by atoms with Crippen LogP contribution < -0.4 is 10.5 Å². The Hall–Kier alpha value is -1.16. The fraction of sp³-hybridized carbons (Fsp3) is 0.647. The molecular formula is C17H26N2OS. The molecule has 0 aliphatic heterocycles. The Bertz CT molecular complexity index is 488. The van der Waals surface area contributed by atoms with E-state index in [0.717, 1.165) is 30.5 Å². The Morgan fingerprint density at radius 3 is 2.76 bits per heavy atom. The predicted octanol–water partition coefficient (Wildman–Crippen LogP) is 3.94. The molecule has 0 saturated carbocycles. The van der Waals surface area contributed by atoms with Crippen LogP contribution in [-0.2, 0) is 12.8 Å². The topological polar surface area (TPSA) is 48.1 Å². The maximum atomic E-state index is 5.85. The number of thiocarbonyl (C=S) groups is 1. The monoisotopic (exact) mass is 306 g/mol. The van der Waals surface area contributed by atoms with Gasteiger partial charge in [-0.3, -0.25) is 0 Å². The molecule has 1 aliphatic rings. The zero-order valence-corrected chi connectivity index (χ0v) is 13.8. The molecule has 1 aromatic heterocycles. The minimum atomic E-state index is 0.384. The molecule has 0 radical (unpaired) electrons. The third-order valence-corrected chi connectivity index (χ3v) is 4.24. The van der Waals surface area contributed by atoms with Gasteiger partial charge in [0.15, 0.2) is 0 Å². The van der Waals surface area contributed by atoms with Crippen LogP contribution in [0.15, 0.2) is 6.07 Å². The SMILES string of the molecule is CCCCCCCCOc1nc2c(cc1C(N)=S)CCC2. The van der Waals surface area contributed by atoms with Crippen molar-refractivity contribution in [3.63, 3.8) is 0 Å². The Labute approximate surface area is 133 Å². The molecule has 0 fully saturated rings. The van der Waals surface area contributed by atoms with Crippen molar-refractivity contribution in [2.24, 2.45) is 5.73 Å². The molecule has 3 nitrogen and oxygen atoms in total. The molecule has 0 atom stereocenters. The first-order valence-electron chi connectivity index (χ1n) is 8.17. The zero-order chi connectivity index (χ0) is 15.1. The molecule has 1 aliphatic carbocycles. The molecule has 2 rings (SSSR count). The van der Waals surface area contributed by atoms with E-state index in [0.29, 0.717) is 17.5 Å². The Morgan fingerprint density at radius 2 is 2.00 bits per heavy atom. The lowest BCUT2D eigenvalue weighted by Crippen LogP contribution is -2.14. The summed E-state index contributed by atoms with van der Waals surface area (Å²) in [6, 6.07) is 2.08. The summed E-state index contributed by atoms with van der Waals surface area (Å²) in [7, 11) is 0. The number of aromatic nitrogens is 1. The highest BCUT2D eigenvalue weighted by Crippen LogP contribution is 2.26. The first kappa shape index (κ1) is 16.2. The van der Waals surface area contributed by atoms with Crippen LogP contribution in [0.5, 0.6) is 5.88 Å². The van der Waals surface area contributed by atoms with Crippen molar-refractivity contribution >= 4 is 17.2 Å². The van der Waals surface area contributed by atoms with E-state index in [4.69, 9.17) is 22.7 Å². The van der Waals surface area contributed by atoms with Crippen LogP contribution in [0.3, 0.4) is 0 Å². The highest BCUT2D eigenvalue weighted by Gasteiger charge is 2.18. The van der Waals surface area contributed by atoms with Crippen LogP contribution in [0.2, 0.25) is 0 Å². The molecular weight excluding hydrogens is 280 g/mol. The number of hydrogen-bond acceptors (Lipinski definition) is 3. The predicted molar refractivity (Wildman–Crippen MR) is 91.0 cm³/mol. The molecule has 1 aromatic rings. The van der Waals surface area contributed by atoms with Crippen LogP contribution in [0.4, 0.5) is 0 Å². The van der Waals surface area contributed by atoms with Crippen LogP contribution in [0.25, 0.3) is 0 Å². The number of hydrogen-bond donors (Lipinski definition) is 1. The van der Waals surface area contributed by atoms with Crippen molar-refractivity contribution in [2.75, 3.05) is 6.61 Å². The molecule has 0 bridgehead atoms. The lowest BCUT2D eigenvalue weighted by Gasteiger charge is -2.12. The smallest absolute Gasteiger partial charge is 0.224 e. The fourth-order valence-electron chi connectivity index (χ4n) is 2.79. The Kier molecular flexibility index (Phi) is 6.43. The summed E-state index contributed by atoms with van der Waals surface area (Å²) in [5.74, 6) is 0.636. The van der Waals surface area contributed by atoms with Crippen LogP contribution in [0.1, 0.15) is 68.7 Å². The zero-order valence-electron chi connectivity index (χ0n) is 13.0. The molecule has 4 heteroatoms. The number of fused-ring (bicyclic) bond motifs is 1. The van der Waals surface area contributed by atoms with Gasteiger partial charge in [0.2, 0.25) is 5.88 Å². The minimum absolute atomic E-state index is 0.384. The lowest BCUT2D eigenvalue weighted by atomic mass is 10.1. The van der Waals surface area contributed by atoms with Gasteiger partial charge in [0.25, 0.3) is 0 Å². The van der Waals surface area contributed by atoms with Crippen molar-refractivity contribution < 1.29 is 4.74 Å². The summed E-state index contributed by atoms with van der Waals surface area (Å²) in [6.45, 7) is 2.94. The fourth-order valence-corrected chi connectivity index (χ4v) is 2.94. The van der Waals surface area contributed by atoms with Gasteiger partial charge >= 0.3 is 0 Å². The van der Waals surface area contributed by atoms with E-state index in [2.05, 4.69) is 18.0 Å². The standard InChI is InChI=1S/C17H26N2OS/c1-2-3-4-5-6-7-11-20-17-14(16(18)21)12-13-9-8-10-15(13)19-17/h12H,2-11H2,1H3,(H2,18,21). The number of ether oxygens (including phenoxy) is 1. The van der Waals surface area contributed by atoms with Gasteiger partial charge in [0.1, 0.15) is 4.99 Å². The average molecular weight is 306 g/mol. The largest absolute Gasteiger partial charge is 0.477 e. The normalized spacial score (nSPS) is 13.2. The molecule has 2 N–H and O–H groups in total. The molecule has 0 saturated heterocycles. The number of pyridine rings is 1. The average Bonchev–Trinajstić information content (AvgIpc) is 2.92. The molecule has 0 amide bonds. The van der Waals surface area contributed by atoms with Gasteiger partial charge in [-0.2, -0.15) is 0 Å². The number of unbranched alkanes of at least 4 members (excludes halogenated alkanes) is 5. The maximum absolute atomic E-state index is 5.85. The quantitative estimate of drug-likeness (QED) is 0.554. The van der Waals surface area contributed by atoms with Gasteiger partial charge in [-0.15, -0.1) is 0 Å². The number of rotatable bonds is 9. The van der Waals surface area contributed by atoms with Crippen LogP contribution in [-0.4, -0.2) is 16.6 Å². The van der Waals surface area contributed by atoms with Crippen molar-refractivity contribution in [1.82, 2.24) is 4.98 Å². The number of aryl methyl sites for hydroxylation is 2. The number of nitrogens with zero attached hydrogens (tertiary/aromatic N) is 1. The Balaban J connectivity index is 1.86. The van der Waals surface area contributed by atoms with Crippen molar-refractivity contribution in [1.29, 1.82) is 0 Å². The Morgan fingerprint density at radius 1 is 1.24 bits per heavy atom. The first-order chi connectivity index (χ1) is 10.2. The second-order valence-corrected chi connectivity index (χ2v) is 6.22. The highest BCUT2D eigenvalue weighted by atomic mass is 32.1. The van der Waals surface area contributed by atoms with Crippen LogP contribution >= 0.6 is 12.2 Å². The molecule has 0 spiro atoms. The summed E-state index contributed by atoms with van der Waals surface area (Å²) < 4.78 is 5.85. The molecule has 21 heavy (non-hydrogen) atoms. The van der Waals surface area contributed by atoms with E-state index < -0.39 is 0 Å². The molecule has 1 heterocycles. The van der Waals surface area contributed by atoms with E-state index >= 15 is 0 Å². The first-order valence-corrected chi connectivity index (χ1v) is 8.58. The van der Waals surface area contributed by atoms with Crippen molar-refractivity contribution in [2.45, 2.75) is 64.7 Å². The second kappa shape index (κ2) is 8.32. The van der Waals surface area contributed by atoms with E-state index in [1.807, 2.05) is 0 Å². The van der Waals surface area contributed by atoms with Crippen molar-refractivity contribution in [3.05, 3.63) is 22.9 Å². The number of nitrogens with two attached hydrogens (primary N) is 1. The van der Waals surface area contributed by atoms with Gasteiger partial charge in [-0.25, -0.2) is 4.98 Å².